The van der Waals surface area contributed by atoms with Crippen molar-refractivity contribution in [3.05, 3.63) is 35.4 Å². The molecule has 0 aliphatic heterocycles. The van der Waals surface area contributed by atoms with Crippen LogP contribution in [-0.4, -0.2) is 28.9 Å². The van der Waals surface area contributed by atoms with Crippen molar-refractivity contribution < 1.29 is 19.5 Å². The molecule has 1 aromatic rings. The Morgan fingerprint density at radius 3 is 2.21 bits per heavy atom. The molecular formula is C18H24N2O4. The van der Waals surface area contributed by atoms with Gasteiger partial charge in [-0.1, -0.05) is 32.9 Å². The third kappa shape index (κ3) is 4.81. The quantitative estimate of drug-likeness (QED) is 0.742. The molecule has 130 valence electrons. The monoisotopic (exact) mass is 332 g/mol. The van der Waals surface area contributed by atoms with Gasteiger partial charge in [0.25, 0.3) is 5.91 Å². The van der Waals surface area contributed by atoms with Crippen molar-refractivity contribution in [1.29, 1.82) is 0 Å². The van der Waals surface area contributed by atoms with Crippen molar-refractivity contribution in [2.75, 3.05) is 0 Å². The van der Waals surface area contributed by atoms with Crippen molar-refractivity contribution in [1.82, 2.24) is 10.6 Å². The smallest absolute Gasteiger partial charge is 0.326 e. The molecule has 0 heterocycles. The van der Waals surface area contributed by atoms with Gasteiger partial charge in [0.2, 0.25) is 5.91 Å². The fraction of sp³-hybridized carbons (Fsp3) is 0.500. The molecule has 0 saturated heterocycles. The molecule has 6 heteroatoms. The van der Waals surface area contributed by atoms with E-state index in [9.17, 15) is 14.4 Å². The van der Waals surface area contributed by atoms with Crippen LogP contribution < -0.4 is 10.6 Å². The Balaban J connectivity index is 1.92. The van der Waals surface area contributed by atoms with Crippen molar-refractivity contribution in [2.45, 2.75) is 46.2 Å². The molecule has 0 aromatic heterocycles. The summed E-state index contributed by atoms with van der Waals surface area (Å²) < 4.78 is 0. The highest BCUT2D eigenvalue weighted by atomic mass is 16.4. The summed E-state index contributed by atoms with van der Waals surface area (Å²) in [5, 5.41) is 14.6. The van der Waals surface area contributed by atoms with Gasteiger partial charge in [0.15, 0.2) is 0 Å². The summed E-state index contributed by atoms with van der Waals surface area (Å²) in [5.41, 5.74) is 0.836. The molecule has 0 radical (unpaired) electrons. The SMILES string of the molecule is CC(C)(C)C(=O)NCc1ccc(C(=O)NC(C(=O)O)C2CC2)cc1. The fourth-order valence-electron chi connectivity index (χ4n) is 2.26. The van der Waals surface area contributed by atoms with Gasteiger partial charge in [0.1, 0.15) is 6.04 Å². The van der Waals surface area contributed by atoms with Crippen molar-refractivity contribution >= 4 is 17.8 Å². The molecule has 2 rings (SSSR count). The Bertz CT molecular complexity index is 627. The number of carbonyl (C=O) groups is 3. The van der Waals surface area contributed by atoms with E-state index in [-0.39, 0.29) is 17.7 Å². The lowest BCUT2D eigenvalue weighted by atomic mass is 9.95. The summed E-state index contributed by atoms with van der Waals surface area (Å²) in [6, 6.07) is 5.97. The number of aliphatic carboxylic acids is 1. The van der Waals surface area contributed by atoms with Crippen LogP contribution in [0.25, 0.3) is 0 Å². The standard InChI is InChI=1S/C18H24N2O4/c1-18(2,3)17(24)19-10-11-4-6-13(7-5-11)15(21)20-14(16(22)23)12-8-9-12/h4-7,12,14H,8-10H2,1-3H3,(H,19,24)(H,20,21)(H,22,23). The van der Waals surface area contributed by atoms with Gasteiger partial charge < -0.3 is 15.7 Å². The molecule has 1 saturated carbocycles. The normalized spacial score (nSPS) is 15.5. The predicted molar refractivity (Wildman–Crippen MR) is 89.4 cm³/mol. The highest BCUT2D eigenvalue weighted by molar-refractivity contribution is 5.96. The molecule has 0 spiro atoms. The van der Waals surface area contributed by atoms with E-state index in [1.165, 1.54) is 0 Å². The van der Waals surface area contributed by atoms with E-state index < -0.39 is 17.4 Å². The number of carboxylic acid groups (broad SMARTS) is 1. The van der Waals surface area contributed by atoms with Crippen LogP contribution >= 0.6 is 0 Å². The number of hydrogen-bond donors (Lipinski definition) is 3. The minimum atomic E-state index is -0.993. The first-order chi connectivity index (χ1) is 11.2. The first-order valence-corrected chi connectivity index (χ1v) is 8.09. The molecule has 24 heavy (non-hydrogen) atoms. The number of amides is 2. The lowest BCUT2D eigenvalue weighted by Gasteiger charge is -2.17. The zero-order valence-corrected chi connectivity index (χ0v) is 14.3. The maximum absolute atomic E-state index is 12.2. The summed E-state index contributed by atoms with van der Waals surface area (Å²) in [5.74, 6) is -1.39. The lowest BCUT2D eigenvalue weighted by Crippen LogP contribution is -2.42. The number of rotatable bonds is 6. The van der Waals surface area contributed by atoms with Crippen LogP contribution in [-0.2, 0) is 16.1 Å². The molecular weight excluding hydrogens is 308 g/mol. The van der Waals surface area contributed by atoms with E-state index in [1.807, 2.05) is 20.8 Å². The van der Waals surface area contributed by atoms with Crippen molar-refractivity contribution in [3.8, 4) is 0 Å². The van der Waals surface area contributed by atoms with E-state index in [4.69, 9.17) is 5.11 Å². The van der Waals surface area contributed by atoms with E-state index >= 15 is 0 Å². The average molecular weight is 332 g/mol. The highest BCUT2D eigenvalue weighted by Crippen LogP contribution is 2.32. The van der Waals surface area contributed by atoms with Gasteiger partial charge in [0.05, 0.1) is 0 Å². The number of carbonyl (C=O) groups excluding carboxylic acids is 2. The Kier molecular flexibility index (Phi) is 5.26. The maximum Gasteiger partial charge on any atom is 0.326 e. The molecule has 1 unspecified atom stereocenters. The fourth-order valence-corrected chi connectivity index (χ4v) is 2.26. The van der Waals surface area contributed by atoms with Crippen LogP contribution in [0.3, 0.4) is 0 Å². The van der Waals surface area contributed by atoms with E-state index in [1.54, 1.807) is 24.3 Å². The Labute approximate surface area is 141 Å². The molecule has 1 aliphatic carbocycles. The predicted octanol–water partition coefficient (Wildman–Crippen LogP) is 1.94. The van der Waals surface area contributed by atoms with E-state index in [2.05, 4.69) is 10.6 Å². The minimum Gasteiger partial charge on any atom is -0.480 e. The average Bonchev–Trinajstić information content (AvgIpc) is 3.33. The molecule has 6 nitrogen and oxygen atoms in total. The number of nitrogens with one attached hydrogen (secondary N) is 2. The van der Waals surface area contributed by atoms with Gasteiger partial charge in [-0.25, -0.2) is 4.79 Å². The summed E-state index contributed by atoms with van der Waals surface area (Å²) in [4.78, 5) is 35.2. The van der Waals surface area contributed by atoms with Gasteiger partial charge in [-0.15, -0.1) is 0 Å². The minimum absolute atomic E-state index is 0.0401. The number of carboxylic acids is 1. The zero-order valence-electron chi connectivity index (χ0n) is 14.3. The summed E-state index contributed by atoms with van der Waals surface area (Å²) in [6.07, 6.45) is 1.67. The van der Waals surface area contributed by atoms with Crippen LogP contribution in [0.4, 0.5) is 0 Å². The van der Waals surface area contributed by atoms with Crippen molar-refractivity contribution in [2.24, 2.45) is 11.3 Å². The molecule has 1 aliphatic rings. The molecule has 3 N–H and O–H groups in total. The van der Waals surface area contributed by atoms with Gasteiger partial charge in [-0.05, 0) is 36.5 Å². The summed E-state index contributed by atoms with van der Waals surface area (Å²) >= 11 is 0. The highest BCUT2D eigenvalue weighted by Gasteiger charge is 2.37. The molecule has 0 bridgehead atoms. The molecule has 1 atom stereocenters. The third-order valence-electron chi connectivity index (χ3n) is 4.00. The largest absolute Gasteiger partial charge is 0.480 e. The Morgan fingerprint density at radius 2 is 1.75 bits per heavy atom. The van der Waals surface area contributed by atoms with Crippen LogP contribution in [0.5, 0.6) is 0 Å². The summed E-state index contributed by atoms with van der Waals surface area (Å²) in [7, 11) is 0. The van der Waals surface area contributed by atoms with Gasteiger partial charge in [-0.2, -0.15) is 0 Å². The Morgan fingerprint density at radius 1 is 1.17 bits per heavy atom. The first kappa shape index (κ1) is 18.0. The van der Waals surface area contributed by atoms with Gasteiger partial charge in [-0.3, -0.25) is 9.59 Å². The second kappa shape index (κ2) is 7.03. The van der Waals surface area contributed by atoms with E-state index in [0.717, 1.165) is 18.4 Å². The topological polar surface area (TPSA) is 95.5 Å². The number of benzene rings is 1. The maximum atomic E-state index is 12.2. The zero-order chi connectivity index (χ0) is 17.9. The molecule has 1 fully saturated rings. The van der Waals surface area contributed by atoms with E-state index in [0.29, 0.717) is 12.1 Å². The van der Waals surface area contributed by atoms with Crippen molar-refractivity contribution in [3.63, 3.8) is 0 Å². The molecule has 1 aromatic carbocycles. The van der Waals surface area contributed by atoms with Gasteiger partial charge >= 0.3 is 5.97 Å². The molecule has 2 amide bonds. The second-order valence-corrected chi connectivity index (χ2v) is 7.26. The third-order valence-corrected chi connectivity index (χ3v) is 4.00. The van der Waals surface area contributed by atoms with Crippen LogP contribution in [0.1, 0.15) is 49.5 Å². The summed E-state index contributed by atoms with van der Waals surface area (Å²) in [6.45, 7) is 5.91. The van der Waals surface area contributed by atoms with Gasteiger partial charge in [0, 0.05) is 17.5 Å². The Hall–Kier alpha value is -2.37. The lowest BCUT2D eigenvalue weighted by molar-refractivity contribution is -0.139. The van der Waals surface area contributed by atoms with Crippen LogP contribution in [0, 0.1) is 11.3 Å². The van der Waals surface area contributed by atoms with Crippen LogP contribution in [0.2, 0.25) is 0 Å². The second-order valence-electron chi connectivity index (χ2n) is 7.26. The first-order valence-electron chi connectivity index (χ1n) is 8.09. The number of hydrogen-bond acceptors (Lipinski definition) is 3. The van der Waals surface area contributed by atoms with Crippen LogP contribution in [0.15, 0.2) is 24.3 Å².